The maximum Gasteiger partial charge on any atom is 0.238 e. The lowest BCUT2D eigenvalue weighted by Gasteiger charge is -2.19. The number of rotatable bonds is 7. The maximum atomic E-state index is 13.3. The van der Waals surface area contributed by atoms with E-state index in [0.717, 1.165) is 0 Å². The minimum absolute atomic E-state index is 0.103. The number of nitrogens with one attached hydrogen (secondary N) is 1. The Kier molecular flexibility index (Phi) is 6.32. The van der Waals surface area contributed by atoms with Gasteiger partial charge in [-0.05, 0) is 25.1 Å². The van der Waals surface area contributed by atoms with Crippen LogP contribution in [0.4, 0.5) is 10.1 Å². The number of aliphatic hydroxyl groups is 1. The molecule has 1 aromatic rings. The van der Waals surface area contributed by atoms with Crippen molar-refractivity contribution in [2.45, 2.75) is 13.3 Å². The van der Waals surface area contributed by atoms with Crippen LogP contribution in [0.5, 0.6) is 0 Å². The number of anilines is 1. The molecule has 0 radical (unpaired) electrons. The largest absolute Gasteiger partial charge is 0.396 e. The Morgan fingerprint density at radius 1 is 1.44 bits per heavy atom. The molecule has 4 nitrogen and oxygen atoms in total. The summed E-state index contributed by atoms with van der Waals surface area (Å²) in [5.74, 6) is -0.691. The number of hydrogen-bond donors (Lipinski definition) is 2. The van der Waals surface area contributed by atoms with Gasteiger partial charge in [0.1, 0.15) is 5.82 Å². The van der Waals surface area contributed by atoms with E-state index in [-0.39, 0.29) is 24.7 Å². The number of benzene rings is 1. The zero-order valence-corrected chi connectivity index (χ0v) is 10.5. The summed E-state index contributed by atoms with van der Waals surface area (Å²) < 4.78 is 13.3. The summed E-state index contributed by atoms with van der Waals surface area (Å²) in [6.45, 7) is 3.60. The van der Waals surface area contributed by atoms with Gasteiger partial charge in [0.2, 0.25) is 5.91 Å². The van der Waals surface area contributed by atoms with Crippen molar-refractivity contribution in [3.05, 3.63) is 30.1 Å². The molecule has 0 aliphatic heterocycles. The summed E-state index contributed by atoms with van der Waals surface area (Å²) in [7, 11) is 0. The summed E-state index contributed by atoms with van der Waals surface area (Å²) in [6, 6.07) is 6.07. The van der Waals surface area contributed by atoms with E-state index in [4.69, 9.17) is 5.11 Å². The maximum absolute atomic E-state index is 13.3. The Bertz CT molecular complexity index is 385. The molecule has 18 heavy (non-hydrogen) atoms. The van der Waals surface area contributed by atoms with E-state index in [1.54, 1.807) is 12.1 Å². The quantitative estimate of drug-likeness (QED) is 0.774. The lowest BCUT2D eigenvalue weighted by Crippen LogP contribution is -2.34. The van der Waals surface area contributed by atoms with Gasteiger partial charge in [0, 0.05) is 13.2 Å². The monoisotopic (exact) mass is 254 g/mol. The van der Waals surface area contributed by atoms with Gasteiger partial charge in [-0.15, -0.1) is 0 Å². The molecule has 1 rings (SSSR count). The van der Waals surface area contributed by atoms with Gasteiger partial charge in [0.15, 0.2) is 0 Å². The molecular weight excluding hydrogens is 235 g/mol. The molecule has 0 aliphatic carbocycles. The van der Waals surface area contributed by atoms with Crippen molar-refractivity contribution in [3.63, 3.8) is 0 Å². The normalized spacial score (nSPS) is 10.7. The number of hydrogen-bond acceptors (Lipinski definition) is 3. The average molecular weight is 254 g/mol. The van der Waals surface area contributed by atoms with Crippen molar-refractivity contribution >= 4 is 11.6 Å². The summed E-state index contributed by atoms with van der Waals surface area (Å²) in [5, 5.41) is 11.3. The molecule has 0 bridgehead atoms. The van der Waals surface area contributed by atoms with Crippen molar-refractivity contribution in [1.82, 2.24) is 4.90 Å². The van der Waals surface area contributed by atoms with Crippen molar-refractivity contribution in [3.8, 4) is 0 Å². The number of halogens is 1. The average Bonchev–Trinajstić information content (AvgIpc) is 2.37. The number of carbonyl (C=O) groups is 1. The topological polar surface area (TPSA) is 52.6 Å². The number of para-hydroxylation sites is 1. The van der Waals surface area contributed by atoms with Gasteiger partial charge >= 0.3 is 0 Å². The van der Waals surface area contributed by atoms with Crippen LogP contribution in [0, 0.1) is 5.82 Å². The van der Waals surface area contributed by atoms with Crippen LogP contribution in [0.3, 0.4) is 0 Å². The molecule has 0 saturated carbocycles. The van der Waals surface area contributed by atoms with Gasteiger partial charge in [-0.3, -0.25) is 9.69 Å². The molecule has 1 amide bonds. The first-order chi connectivity index (χ1) is 8.67. The standard InChI is InChI=1S/C13H19FN2O2/c1-2-16(8-5-9-17)10-13(18)15-12-7-4-3-6-11(12)14/h3-4,6-7,17H,2,5,8-10H2,1H3,(H,15,18). The van der Waals surface area contributed by atoms with E-state index in [1.165, 1.54) is 12.1 Å². The molecule has 2 N–H and O–H groups in total. The minimum atomic E-state index is -0.441. The van der Waals surface area contributed by atoms with Crippen LogP contribution >= 0.6 is 0 Å². The Morgan fingerprint density at radius 2 is 2.17 bits per heavy atom. The van der Waals surface area contributed by atoms with Crippen LogP contribution < -0.4 is 5.32 Å². The first-order valence-electron chi connectivity index (χ1n) is 6.05. The fourth-order valence-electron chi connectivity index (χ4n) is 1.60. The molecule has 0 heterocycles. The second-order valence-electron chi connectivity index (χ2n) is 3.97. The van der Waals surface area contributed by atoms with Crippen LogP contribution in [-0.2, 0) is 4.79 Å². The summed E-state index contributed by atoms with van der Waals surface area (Å²) in [6.07, 6.45) is 0.626. The van der Waals surface area contributed by atoms with Crippen molar-refractivity contribution in [1.29, 1.82) is 0 Å². The summed E-state index contributed by atoms with van der Waals surface area (Å²) >= 11 is 0. The van der Waals surface area contributed by atoms with Crippen molar-refractivity contribution in [2.24, 2.45) is 0 Å². The predicted octanol–water partition coefficient (Wildman–Crippen LogP) is 1.47. The number of nitrogens with zero attached hydrogens (tertiary/aromatic N) is 1. The van der Waals surface area contributed by atoms with Crippen LogP contribution in [0.1, 0.15) is 13.3 Å². The smallest absolute Gasteiger partial charge is 0.238 e. The van der Waals surface area contributed by atoms with Gasteiger partial charge in [0.05, 0.1) is 12.2 Å². The third-order valence-electron chi connectivity index (χ3n) is 2.59. The molecule has 0 aromatic heterocycles. The van der Waals surface area contributed by atoms with Gasteiger partial charge in [0.25, 0.3) is 0 Å². The Labute approximate surface area is 106 Å². The van der Waals surface area contributed by atoms with Crippen LogP contribution in [0.15, 0.2) is 24.3 Å². The third-order valence-corrected chi connectivity index (χ3v) is 2.59. The lowest BCUT2D eigenvalue weighted by molar-refractivity contribution is -0.117. The predicted molar refractivity (Wildman–Crippen MR) is 68.8 cm³/mol. The zero-order chi connectivity index (χ0) is 13.4. The highest BCUT2D eigenvalue weighted by Gasteiger charge is 2.10. The number of aliphatic hydroxyl groups excluding tert-OH is 1. The summed E-state index contributed by atoms with van der Waals surface area (Å²) in [5.41, 5.74) is 0.195. The molecule has 1 aromatic carbocycles. The zero-order valence-electron chi connectivity index (χ0n) is 10.5. The Morgan fingerprint density at radius 3 is 2.78 bits per heavy atom. The number of carbonyl (C=O) groups excluding carboxylic acids is 1. The van der Waals surface area contributed by atoms with Crippen molar-refractivity contribution in [2.75, 3.05) is 31.6 Å². The fraction of sp³-hybridized carbons (Fsp3) is 0.462. The van der Waals surface area contributed by atoms with Crippen molar-refractivity contribution < 1.29 is 14.3 Å². The molecule has 0 atom stereocenters. The molecule has 0 unspecified atom stereocenters. The van der Waals surface area contributed by atoms with E-state index < -0.39 is 5.82 Å². The second kappa shape index (κ2) is 7.79. The number of likely N-dealkylation sites (N-methyl/N-ethyl adjacent to an activating group) is 1. The third kappa shape index (κ3) is 4.81. The van der Waals surface area contributed by atoms with E-state index >= 15 is 0 Å². The van der Waals surface area contributed by atoms with E-state index in [1.807, 2.05) is 11.8 Å². The molecular formula is C13H19FN2O2. The second-order valence-corrected chi connectivity index (χ2v) is 3.97. The Hall–Kier alpha value is -1.46. The summed E-state index contributed by atoms with van der Waals surface area (Å²) in [4.78, 5) is 13.6. The van der Waals surface area contributed by atoms with E-state index in [2.05, 4.69) is 5.32 Å². The molecule has 0 saturated heterocycles. The van der Waals surface area contributed by atoms with Gasteiger partial charge in [-0.2, -0.15) is 0 Å². The Balaban J connectivity index is 2.48. The van der Waals surface area contributed by atoms with Crippen LogP contribution in [0.25, 0.3) is 0 Å². The SMILES string of the molecule is CCN(CCCO)CC(=O)Nc1ccccc1F. The van der Waals surface area contributed by atoms with Crippen LogP contribution in [0.2, 0.25) is 0 Å². The fourth-order valence-corrected chi connectivity index (χ4v) is 1.60. The highest BCUT2D eigenvalue weighted by molar-refractivity contribution is 5.92. The van der Waals surface area contributed by atoms with Gasteiger partial charge in [-0.1, -0.05) is 19.1 Å². The highest BCUT2D eigenvalue weighted by Crippen LogP contribution is 2.12. The molecule has 0 spiro atoms. The van der Waals surface area contributed by atoms with Gasteiger partial charge < -0.3 is 10.4 Å². The van der Waals surface area contributed by atoms with Gasteiger partial charge in [-0.25, -0.2) is 4.39 Å². The molecule has 100 valence electrons. The van der Waals surface area contributed by atoms with Crippen LogP contribution in [-0.4, -0.2) is 42.2 Å². The highest BCUT2D eigenvalue weighted by atomic mass is 19.1. The first-order valence-corrected chi connectivity index (χ1v) is 6.05. The number of amides is 1. The van der Waals surface area contributed by atoms with E-state index in [0.29, 0.717) is 19.5 Å². The molecule has 0 fully saturated rings. The first kappa shape index (κ1) is 14.6. The van der Waals surface area contributed by atoms with E-state index in [9.17, 15) is 9.18 Å². The minimum Gasteiger partial charge on any atom is -0.396 e. The molecule has 0 aliphatic rings. The molecule has 5 heteroatoms. The lowest BCUT2D eigenvalue weighted by atomic mass is 10.3.